The van der Waals surface area contributed by atoms with Crippen LogP contribution in [-0.2, 0) is 11.3 Å². The molecule has 7 heteroatoms. The molecule has 35 heavy (non-hydrogen) atoms. The van der Waals surface area contributed by atoms with Gasteiger partial charge in [-0.25, -0.2) is 0 Å². The Morgan fingerprint density at radius 3 is 2.49 bits per heavy atom. The molecule has 0 aliphatic heterocycles. The fraction of sp³-hybridized carbons (Fsp3) is 0.500. The molecule has 1 aliphatic rings. The second kappa shape index (κ2) is 14.8. The summed E-state index contributed by atoms with van der Waals surface area (Å²) < 4.78 is 0. The van der Waals surface area contributed by atoms with E-state index in [1.54, 1.807) is 0 Å². The van der Waals surface area contributed by atoms with Crippen molar-refractivity contribution in [3.8, 4) is 11.1 Å². The predicted octanol–water partition coefficient (Wildman–Crippen LogP) is 1.24. The number of carbonyl (C=O) groups excluding carboxylic acids is 2. The maximum absolute atomic E-state index is 13.1. The maximum Gasteiger partial charge on any atom is 1.00 e. The van der Waals surface area contributed by atoms with Crippen LogP contribution in [0.4, 0.5) is 0 Å². The molecule has 5 nitrogen and oxygen atoms in total. The molecular weight excluding hydrogens is 451 g/mol. The van der Waals surface area contributed by atoms with Crippen LogP contribution < -0.4 is 29.3 Å². The first-order valence-electron chi connectivity index (χ1n) is 12.4. The molecule has 0 bridgehead atoms. The van der Waals surface area contributed by atoms with Crippen LogP contribution in [-0.4, -0.2) is 42.2 Å². The number of hydrogen-bond acceptors (Lipinski definition) is 5. The first kappa shape index (κ1) is 29.5. The molecule has 1 aliphatic carbocycles. The molecule has 0 radical (unpaired) electrons. The van der Waals surface area contributed by atoms with E-state index in [-0.39, 0.29) is 25.3 Å². The van der Waals surface area contributed by atoms with Crippen molar-refractivity contribution in [1.29, 1.82) is 0 Å². The predicted molar refractivity (Wildman–Crippen MR) is 139 cm³/mol. The van der Waals surface area contributed by atoms with Gasteiger partial charge < -0.3 is 20.1 Å². The van der Waals surface area contributed by atoms with E-state index in [4.69, 9.17) is 0 Å². The van der Waals surface area contributed by atoms with Gasteiger partial charge in [-0.15, -0.1) is 0 Å². The summed E-state index contributed by atoms with van der Waals surface area (Å²) in [5.41, 5.74) is 4.45. The van der Waals surface area contributed by atoms with Gasteiger partial charge in [0.1, 0.15) is 0 Å². The van der Waals surface area contributed by atoms with E-state index in [0.717, 1.165) is 41.3 Å². The van der Waals surface area contributed by atoms with Crippen LogP contribution in [0.1, 0.15) is 66.4 Å². The Kier molecular flexibility index (Phi) is 12.4. The van der Waals surface area contributed by atoms with E-state index in [9.17, 15) is 14.7 Å². The summed E-state index contributed by atoms with van der Waals surface area (Å²) in [6.45, 7) is 3.88. The average molecular weight is 489 g/mol. The number of rotatable bonds is 11. The smallest absolute Gasteiger partial charge is 0.548 e. The average Bonchev–Trinajstić information content (AvgIpc) is 2.83. The fourth-order valence-corrected chi connectivity index (χ4v) is 5.13. The van der Waals surface area contributed by atoms with E-state index in [2.05, 4.69) is 36.0 Å². The number of carboxylic acids is 1. The van der Waals surface area contributed by atoms with Crippen LogP contribution in [0.2, 0.25) is 0 Å². The van der Waals surface area contributed by atoms with E-state index in [1.165, 1.54) is 38.5 Å². The van der Waals surface area contributed by atoms with Crippen LogP contribution in [0.25, 0.3) is 11.1 Å². The number of carboxylic acid groups (broad SMARTS) is 1. The molecule has 0 spiro atoms. The first-order valence-corrected chi connectivity index (χ1v) is 13.0. The van der Waals surface area contributed by atoms with Crippen molar-refractivity contribution in [3.63, 3.8) is 0 Å². The second-order valence-electron chi connectivity index (χ2n) is 9.58. The molecule has 0 heterocycles. The number of nitrogens with zero attached hydrogens (tertiary/aromatic N) is 1. The number of hydrogen-bond donors (Lipinski definition) is 2. The van der Waals surface area contributed by atoms with E-state index < -0.39 is 17.9 Å². The van der Waals surface area contributed by atoms with Gasteiger partial charge in [-0.1, -0.05) is 62.4 Å². The van der Waals surface area contributed by atoms with Crippen molar-refractivity contribution in [1.82, 2.24) is 10.2 Å². The minimum atomic E-state index is -1.30. The summed E-state index contributed by atoms with van der Waals surface area (Å²) in [6.07, 6.45) is 8.27. The van der Waals surface area contributed by atoms with Crippen molar-refractivity contribution in [2.75, 3.05) is 19.3 Å². The van der Waals surface area contributed by atoms with E-state index in [1.807, 2.05) is 43.3 Å². The van der Waals surface area contributed by atoms with Crippen LogP contribution in [0.15, 0.2) is 42.5 Å². The Hall–Kier alpha value is -1.71. The summed E-state index contributed by atoms with van der Waals surface area (Å²) in [7, 11) is 2.15. The number of benzene rings is 2. The number of thiol groups is 1. The van der Waals surface area contributed by atoms with Crippen LogP contribution in [0.5, 0.6) is 0 Å². The zero-order valence-electron chi connectivity index (χ0n) is 21.4. The number of nitrogens with one attached hydrogen (secondary N) is 1. The second-order valence-corrected chi connectivity index (χ2v) is 10.0. The SMILES string of the molecule is Cc1ccccc1-c1cc(CN(C)CCC2CCCCC2)ccc1C(=O)NC(CCS)C(=O)[O-].[Li+]. The summed E-state index contributed by atoms with van der Waals surface area (Å²) in [4.78, 5) is 26.9. The zero-order chi connectivity index (χ0) is 24.5. The van der Waals surface area contributed by atoms with Gasteiger partial charge in [0.15, 0.2) is 0 Å². The number of aryl methyl sites for hydroxylation is 1. The third-order valence-electron chi connectivity index (χ3n) is 6.87. The molecule has 2 aromatic rings. The van der Waals surface area contributed by atoms with Gasteiger partial charge in [0, 0.05) is 12.1 Å². The Bertz CT molecular complexity index is 978. The first-order chi connectivity index (χ1) is 16.4. The van der Waals surface area contributed by atoms with Crippen molar-refractivity contribution < 1.29 is 33.6 Å². The summed E-state index contributed by atoms with van der Waals surface area (Å²) in [5.74, 6) is -0.517. The molecule has 2 aromatic carbocycles. The summed E-state index contributed by atoms with van der Waals surface area (Å²) in [5, 5.41) is 14.1. The molecule has 0 aromatic heterocycles. The Labute approximate surface area is 227 Å². The van der Waals surface area contributed by atoms with Crippen LogP contribution in [0, 0.1) is 12.8 Å². The molecule has 1 atom stereocenters. The van der Waals surface area contributed by atoms with Gasteiger partial charge in [0.25, 0.3) is 5.91 Å². The normalized spacial score (nSPS) is 14.9. The molecule has 3 rings (SSSR count). The van der Waals surface area contributed by atoms with Gasteiger partial charge in [-0.05, 0) is 79.4 Å². The molecule has 0 saturated heterocycles. The Morgan fingerprint density at radius 1 is 1.11 bits per heavy atom. The molecule has 1 fully saturated rings. The molecule has 1 unspecified atom stereocenters. The van der Waals surface area contributed by atoms with Gasteiger partial charge in [0.05, 0.1) is 12.0 Å². The topological polar surface area (TPSA) is 72.5 Å². The van der Waals surface area contributed by atoms with Crippen molar-refractivity contribution in [2.45, 2.75) is 64.5 Å². The van der Waals surface area contributed by atoms with E-state index in [0.29, 0.717) is 11.3 Å². The van der Waals surface area contributed by atoms with Crippen molar-refractivity contribution >= 4 is 24.5 Å². The van der Waals surface area contributed by atoms with Crippen molar-refractivity contribution in [2.24, 2.45) is 5.92 Å². The largest absolute Gasteiger partial charge is 1.00 e. The fourth-order valence-electron chi connectivity index (χ4n) is 4.87. The molecule has 1 saturated carbocycles. The molecular formula is C28H37LiN2O3S. The molecule has 1 amide bonds. The Balaban J connectivity index is 0.00000432. The minimum Gasteiger partial charge on any atom is -0.548 e. The standard InChI is InChI=1S/C28H38N2O3S.Li/c1-20-8-6-7-11-23(20)25-18-22(19-30(2)16-14-21-9-4-3-5-10-21)12-13-24(25)27(31)29-26(15-17-34)28(32)33;/h6-8,11-13,18,21,26,34H,3-5,9-10,14-17,19H2,1-2H3,(H,29,31)(H,32,33);/q;+1/p-1. The van der Waals surface area contributed by atoms with Gasteiger partial charge in [-0.3, -0.25) is 4.79 Å². The monoisotopic (exact) mass is 488 g/mol. The van der Waals surface area contributed by atoms with Crippen LogP contribution in [0.3, 0.4) is 0 Å². The zero-order valence-corrected chi connectivity index (χ0v) is 22.3. The Morgan fingerprint density at radius 2 is 1.83 bits per heavy atom. The quantitative estimate of drug-likeness (QED) is 0.369. The van der Waals surface area contributed by atoms with Gasteiger partial charge >= 0.3 is 18.9 Å². The molecule has 184 valence electrons. The number of aliphatic carboxylic acids is 1. The van der Waals surface area contributed by atoms with Gasteiger partial charge in [-0.2, -0.15) is 12.6 Å². The number of amides is 1. The summed E-state index contributed by atoms with van der Waals surface area (Å²) in [6, 6.07) is 12.7. The summed E-state index contributed by atoms with van der Waals surface area (Å²) >= 11 is 4.10. The third-order valence-corrected chi connectivity index (χ3v) is 7.13. The molecule has 1 N–H and O–H groups in total. The third kappa shape index (κ3) is 8.72. The number of carbonyl (C=O) groups is 2. The van der Waals surface area contributed by atoms with Crippen LogP contribution >= 0.6 is 12.6 Å². The van der Waals surface area contributed by atoms with Gasteiger partial charge in [0.2, 0.25) is 0 Å². The maximum atomic E-state index is 13.1. The van der Waals surface area contributed by atoms with E-state index >= 15 is 0 Å². The minimum absolute atomic E-state index is 0. The van der Waals surface area contributed by atoms with Crippen molar-refractivity contribution in [3.05, 3.63) is 59.2 Å².